The average molecular weight is 211 g/mol. The second-order valence-corrected chi connectivity index (χ2v) is 3.18. The van der Waals surface area contributed by atoms with Crippen molar-refractivity contribution in [1.82, 2.24) is 5.32 Å². The normalized spacial score (nSPS) is 11.9. The Morgan fingerprint density at radius 1 is 1.47 bits per heavy atom. The zero-order valence-electron chi connectivity index (χ0n) is 8.57. The number of halogens is 1. The van der Waals surface area contributed by atoms with Crippen molar-refractivity contribution in [1.29, 1.82) is 0 Å². The Morgan fingerprint density at radius 3 is 2.67 bits per heavy atom. The molecule has 0 saturated heterocycles. The lowest BCUT2D eigenvalue weighted by molar-refractivity contribution is 0.164. The van der Waals surface area contributed by atoms with E-state index in [9.17, 15) is 9.18 Å². The third-order valence-electron chi connectivity index (χ3n) is 2.02. The van der Waals surface area contributed by atoms with Crippen LogP contribution in [-0.2, 0) is 11.2 Å². The molecule has 0 heterocycles. The van der Waals surface area contributed by atoms with Gasteiger partial charge >= 0.3 is 6.09 Å². The van der Waals surface area contributed by atoms with Gasteiger partial charge in [-0.1, -0.05) is 30.3 Å². The predicted molar refractivity (Wildman–Crippen MR) is 55.4 cm³/mol. The topological polar surface area (TPSA) is 38.3 Å². The Bertz CT molecular complexity index is 303. The molecule has 0 radical (unpaired) electrons. The number of benzene rings is 1. The lowest BCUT2D eigenvalue weighted by Gasteiger charge is -2.14. The molecule has 1 unspecified atom stereocenters. The number of hydrogen-bond donors (Lipinski definition) is 1. The van der Waals surface area contributed by atoms with Gasteiger partial charge in [-0.25, -0.2) is 9.18 Å². The van der Waals surface area contributed by atoms with Crippen LogP contribution in [0.5, 0.6) is 0 Å². The number of alkyl halides is 1. The lowest BCUT2D eigenvalue weighted by atomic mass is 10.1. The first-order chi connectivity index (χ1) is 7.26. The fourth-order valence-corrected chi connectivity index (χ4v) is 1.27. The summed E-state index contributed by atoms with van der Waals surface area (Å²) in [6.07, 6.45) is -0.138. The maximum absolute atomic E-state index is 12.6. The van der Waals surface area contributed by atoms with E-state index in [1.54, 1.807) is 0 Å². The van der Waals surface area contributed by atoms with Crippen LogP contribution in [0.1, 0.15) is 5.56 Å². The number of alkyl carbamates (subject to hydrolysis) is 1. The van der Waals surface area contributed by atoms with E-state index in [1.807, 2.05) is 30.3 Å². The van der Waals surface area contributed by atoms with E-state index in [2.05, 4.69) is 10.1 Å². The van der Waals surface area contributed by atoms with E-state index in [0.29, 0.717) is 6.42 Å². The van der Waals surface area contributed by atoms with Crippen LogP contribution < -0.4 is 5.32 Å². The Kier molecular flexibility index (Phi) is 4.60. The molecule has 3 nitrogen and oxygen atoms in total. The first-order valence-corrected chi connectivity index (χ1v) is 4.70. The van der Waals surface area contributed by atoms with Crippen LogP contribution in [0.3, 0.4) is 0 Å². The number of hydrogen-bond acceptors (Lipinski definition) is 2. The second-order valence-electron chi connectivity index (χ2n) is 3.18. The maximum Gasteiger partial charge on any atom is 0.407 e. The van der Waals surface area contributed by atoms with Gasteiger partial charge in [0.2, 0.25) is 0 Å². The number of amides is 1. The molecule has 82 valence electrons. The van der Waals surface area contributed by atoms with E-state index in [4.69, 9.17) is 0 Å². The molecule has 0 aliphatic rings. The molecule has 1 aromatic carbocycles. The highest BCUT2D eigenvalue weighted by atomic mass is 19.1. The number of nitrogens with one attached hydrogen (secondary N) is 1. The van der Waals surface area contributed by atoms with Crippen molar-refractivity contribution in [2.45, 2.75) is 12.5 Å². The van der Waals surface area contributed by atoms with Gasteiger partial charge in [0, 0.05) is 0 Å². The first-order valence-electron chi connectivity index (χ1n) is 4.70. The van der Waals surface area contributed by atoms with Crippen LogP contribution in [0, 0.1) is 0 Å². The lowest BCUT2D eigenvalue weighted by Crippen LogP contribution is -2.37. The van der Waals surface area contributed by atoms with Gasteiger partial charge in [0.15, 0.2) is 0 Å². The highest BCUT2D eigenvalue weighted by Crippen LogP contribution is 2.03. The van der Waals surface area contributed by atoms with Crippen LogP contribution in [0.4, 0.5) is 9.18 Å². The molecule has 0 bridgehead atoms. The molecule has 0 fully saturated rings. The van der Waals surface area contributed by atoms with Crippen molar-refractivity contribution in [3.05, 3.63) is 35.9 Å². The molecule has 0 aliphatic carbocycles. The Balaban J connectivity index is 2.50. The summed E-state index contributed by atoms with van der Waals surface area (Å²) in [6.45, 7) is -0.607. The zero-order valence-corrected chi connectivity index (χ0v) is 8.57. The van der Waals surface area contributed by atoms with Crippen LogP contribution in [0.2, 0.25) is 0 Å². The molecule has 1 amide bonds. The van der Waals surface area contributed by atoms with Gasteiger partial charge < -0.3 is 10.1 Å². The molecule has 1 aromatic rings. The minimum Gasteiger partial charge on any atom is -0.453 e. The van der Waals surface area contributed by atoms with Crippen molar-refractivity contribution >= 4 is 6.09 Å². The van der Waals surface area contributed by atoms with E-state index in [-0.39, 0.29) is 0 Å². The third-order valence-corrected chi connectivity index (χ3v) is 2.02. The molecular weight excluding hydrogens is 197 g/mol. The van der Waals surface area contributed by atoms with Crippen molar-refractivity contribution in [2.75, 3.05) is 13.8 Å². The first kappa shape index (κ1) is 11.5. The average Bonchev–Trinajstić information content (AvgIpc) is 2.29. The minimum absolute atomic E-state index is 0.465. The van der Waals surface area contributed by atoms with Crippen molar-refractivity contribution < 1.29 is 13.9 Å². The van der Waals surface area contributed by atoms with Crippen LogP contribution in [0.15, 0.2) is 30.3 Å². The highest BCUT2D eigenvalue weighted by Gasteiger charge is 2.12. The molecule has 4 heteroatoms. The van der Waals surface area contributed by atoms with Crippen LogP contribution >= 0.6 is 0 Å². The Labute approximate surface area is 88.2 Å². The molecule has 0 spiro atoms. The van der Waals surface area contributed by atoms with Gasteiger partial charge in [-0.2, -0.15) is 0 Å². The van der Waals surface area contributed by atoms with Gasteiger partial charge in [0.1, 0.15) is 6.67 Å². The summed E-state index contributed by atoms with van der Waals surface area (Å²) >= 11 is 0. The van der Waals surface area contributed by atoms with Gasteiger partial charge in [0.05, 0.1) is 13.2 Å². The fraction of sp³-hybridized carbons (Fsp3) is 0.364. The summed E-state index contributed by atoms with van der Waals surface area (Å²) in [7, 11) is 1.26. The fourth-order valence-electron chi connectivity index (χ4n) is 1.27. The molecule has 1 N–H and O–H groups in total. The molecular formula is C11H14FNO2. The Hall–Kier alpha value is -1.58. The van der Waals surface area contributed by atoms with Crippen molar-refractivity contribution in [2.24, 2.45) is 0 Å². The smallest absolute Gasteiger partial charge is 0.407 e. The summed E-state index contributed by atoms with van der Waals surface area (Å²) in [5.74, 6) is 0. The number of carbonyl (C=O) groups is 1. The molecule has 0 saturated carbocycles. The number of rotatable bonds is 4. The third kappa shape index (κ3) is 3.97. The maximum atomic E-state index is 12.6. The molecule has 0 aromatic heterocycles. The summed E-state index contributed by atoms with van der Waals surface area (Å²) in [5, 5.41) is 2.43. The molecule has 0 aliphatic heterocycles. The number of ether oxygens (including phenoxy) is 1. The number of methoxy groups -OCH3 is 1. The molecule has 1 atom stereocenters. The van der Waals surface area contributed by atoms with E-state index < -0.39 is 18.8 Å². The molecule has 15 heavy (non-hydrogen) atoms. The van der Waals surface area contributed by atoms with Gasteiger partial charge in [-0.05, 0) is 12.0 Å². The minimum atomic E-state index is -0.607. The SMILES string of the molecule is COC(=O)NC(CF)Cc1ccccc1. The monoisotopic (exact) mass is 211 g/mol. The van der Waals surface area contributed by atoms with Crippen molar-refractivity contribution in [3.8, 4) is 0 Å². The largest absolute Gasteiger partial charge is 0.453 e. The molecule has 1 rings (SSSR count). The second kappa shape index (κ2) is 6.01. The Morgan fingerprint density at radius 2 is 2.13 bits per heavy atom. The summed E-state index contributed by atoms with van der Waals surface area (Å²) in [6, 6.07) is 8.90. The quantitative estimate of drug-likeness (QED) is 0.826. The van der Waals surface area contributed by atoms with E-state index in [1.165, 1.54) is 7.11 Å². The standard InChI is InChI=1S/C11H14FNO2/c1-15-11(14)13-10(8-12)7-9-5-3-2-4-6-9/h2-6,10H,7-8H2,1H3,(H,13,14). The van der Waals surface area contributed by atoms with E-state index >= 15 is 0 Å². The van der Waals surface area contributed by atoms with Gasteiger partial charge in [-0.3, -0.25) is 0 Å². The summed E-state index contributed by atoms with van der Waals surface area (Å²) < 4.78 is 17.0. The van der Waals surface area contributed by atoms with Gasteiger partial charge in [0.25, 0.3) is 0 Å². The predicted octanol–water partition coefficient (Wildman–Crippen LogP) is 1.92. The zero-order chi connectivity index (χ0) is 11.1. The van der Waals surface area contributed by atoms with Crippen LogP contribution in [0.25, 0.3) is 0 Å². The summed E-state index contributed by atoms with van der Waals surface area (Å²) in [4.78, 5) is 10.9. The van der Waals surface area contributed by atoms with Crippen LogP contribution in [-0.4, -0.2) is 25.9 Å². The summed E-state index contributed by atoms with van der Waals surface area (Å²) in [5.41, 5.74) is 0.983. The van der Waals surface area contributed by atoms with Gasteiger partial charge in [-0.15, -0.1) is 0 Å². The highest BCUT2D eigenvalue weighted by molar-refractivity contribution is 5.67. The van der Waals surface area contributed by atoms with Crippen molar-refractivity contribution in [3.63, 3.8) is 0 Å². The van der Waals surface area contributed by atoms with E-state index in [0.717, 1.165) is 5.56 Å². The number of carbonyl (C=O) groups excluding carboxylic acids is 1.